The number of benzene rings is 1. The maximum atomic E-state index is 4.75. The molecular formula is C20H29N5S. The molecule has 0 radical (unpaired) electrons. The molecule has 1 unspecified atom stereocenters. The fourth-order valence-electron chi connectivity index (χ4n) is 3.17. The standard InChI is InChI=1S/C20H29N5S/c1-3-19-23-17(15-26-19)10-12-22-20(21-4-2)24-16-11-13-25(14-16)18-8-6-5-7-9-18/h5-9,15-16H,3-4,10-14H2,1-2H3,(H2,21,22,24). The highest BCUT2D eigenvalue weighted by molar-refractivity contribution is 7.09. The molecule has 1 aromatic heterocycles. The Kier molecular flexibility index (Phi) is 6.89. The summed E-state index contributed by atoms with van der Waals surface area (Å²) in [6, 6.07) is 11.1. The molecule has 1 fully saturated rings. The number of anilines is 1. The summed E-state index contributed by atoms with van der Waals surface area (Å²) < 4.78 is 0. The number of para-hydroxylation sites is 1. The number of guanidine groups is 1. The number of aliphatic imine (C=N–C) groups is 1. The van der Waals surface area contributed by atoms with Gasteiger partial charge in [0.1, 0.15) is 0 Å². The number of aromatic nitrogens is 1. The number of aryl methyl sites for hydroxylation is 1. The lowest BCUT2D eigenvalue weighted by molar-refractivity contribution is 0.649. The van der Waals surface area contributed by atoms with Crippen LogP contribution in [0, 0.1) is 0 Å². The van der Waals surface area contributed by atoms with Crippen LogP contribution in [0.3, 0.4) is 0 Å². The minimum absolute atomic E-state index is 0.430. The lowest BCUT2D eigenvalue weighted by atomic mass is 10.2. The second kappa shape index (κ2) is 9.57. The summed E-state index contributed by atoms with van der Waals surface area (Å²) in [6.45, 7) is 7.99. The zero-order valence-electron chi connectivity index (χ0n) is 15.7. The zero-order valence-corrected chi connectivity index (χ0v) is 16.6. The first kappa shape index (κ1) is 18.7. The van der Waals surface area contributed by atoms with E-state index in [2.05, 4.69) is 70.1 Å². The second-order valence-corrected chi connectivity index (χ2v) is 7.45. The predicted molar refractivity (Wildman–Crippen MR) is 111 cm³/mol. The van der Waals surface area contributed by atoms with Crippen molar-refractivity contribution in [2.24, 2.45) is 4.99 Å². The summed E-state index contributed by atoms with van der Waals surface area (Å²) in [6.07, 6.45) is 3.04. The second-order valence-electron chi connectivity index (χ2n) is 6.51. The smallest absolute Gasteiger partial charge is 0.191 e. The first-order valence-corrected chi connectivity index (χ1v) is 10.4. The quantitative estimate of drug-likeness (QED) is 0.580. The van der Waals surface area contributed by atoms with Gasteiger partial charge in [-0.3, -0.25) is 4.99 Å². The van der Waals surface area contributed by atoms with Gasteiger partial charge in [-0.05, 0) is 31.9 Å². The van der Waals surface area contributed by atoms with Gasteiger partial charge in [0.05, 0.1) is 10.7 Å². The third-order valence-electron chi connectivity index (χ3n) is 4.53. The molecule has 5 nitrogen and oxygen atoms in total. The molecule has 6 heteroatoms. The van der Waals surface area contributed by atoms with Crippen LogP contribution in [-0.2, 0) is 12.8 Å². The highest BCUT2D eigenvalue weighted by Gasteiger charge is 2.23. The highest BCUT2D eigenvalue weighted by atomic mass is 32.1. The molecular weight excluding hydrogens is 342 g/mol. The van der Waals surface area contributed by atoms with E-state index >= 15 is 0 Å². The first-order chi connectivity index (χ1) is 12.8. The third-order valence-corrected chi connectivity index (χ3v) is 5.58. The van der Waals surface area contributed by atoms with E-state index in [0.29, 0.717) is 6.04 Å². The highest BCUT2D eigenvalue weighted by Crippen LogP contribution is 2.19. The molecule has 0 amide bonds. The monoisotopic (exact) mass is 371 g/mol. The zero-order chi connectivity index (χ0) is 18.2. The topological polar surface area (TPSA) is 52.6 Å². The van der Waals surface area contributed by atoms with Gasteiger partial charge in [-0.15, -0.1) is 11.3 Å². The van der Waals surface area contributed by atoms with Crippen LogP contribution in [0.4, 0.5) is 5.69 Å². The van der Waals surface area contributed by atoms with E-state index in [0.717, 1.165) is 57.1 Å². The van der Waals surface area contributed by atoms with Crippen molar-refractivity contribution < 1.29 is 0 Å². The van der Waals surface area contributed by atoms with Crippen LogP contribution in [0.2, 0.25) is 0 Å². The SMILES string of the molecule is CCNC(=NCCc1csc(CC)n1)NC1CCN(c2ccccc2)C1. The van der Waals surface area contributed by atoms with Gasteiger partial charge >= 0.3 is 0 Å². The minimum Gasteiger partial charge on any atom is -0.369 e. The largest absolute Gasteiger partial charge is 0.369 e. The Hall–Kier alpha value is -2.08. The molecule has 2 aromatic rings. The number of nitrogens with one attached hydrogen (secondary N) is 2. The molecule has 0 saturated carbocycles. The Morgan fingerprint density at radius 1 is 1.31 bits per heavy atom. The lowest BCUT2D eigenvalue weighted by Crippen LogP contribution is -2.44. The Balaban J connectivity index is 1.51. The molecule has 0 aliphatic carbocycles. The predicted octanol–water partition coefficient (Wildman–Crippen LogP) is 3.08. The molecule has 1 aliphatic rings. The van der Waals surface area contributed by atoms with Crippen molar-refractivity contribution >= 4 is 23.0 Å². The normalized spacial score (nSPS) is 17.5. The molecule has 140 valence electrons. The fraction of sp³-hybridized carbons (Fsp3) is 0.500. The van der Waals surface area contributed by atoms with Gasteiger partial charge in [-0.25, -0.2) is 4.98 Å². The van der Waals surface area contributed by atoms with E-state index in [1.165, 1.54) is 10.7 Å². The molecule has 2 N–H and O–H groups in total. The summed E-state index contributed by atoms with van der Waals surface area (Å²) in [7, 11) is 0. The maximum Gasteiger partial charge on any atom is 0.191 e. The van der Waals surface area contributed by atoms with Gasteiger partial charge in [0.2, 0.25) is 0 Å². The molecule has 1 aliphatic heterocycles. The van der Waals surface area contributed by atoms with Crippen LogP contribution < -0.4 is 15.5 Å². The van der Waals surface area contributed by atoms with Crippen molar-refractivity contribution in [3.05, 3.63) is 46.4 Å². The molecule has 1 saturated heterocycles. The fourth-order valence-corrected chi connectivity index (χ4v) is 3.95. The first-order valence-electron chi connectivity index (χ1n) is 9.56. The van der Waals surface area contributed by atoms with Crippen LogP contribution in [0.15, 0.2) is 40.7 Å². The number of hydrogen-bond acceptors (Lipinski definition) is 4. The lowest BCUT2D eigenvalue weighted by Gasteiger charge is -2.20. The van der Waals surface area contributed by atoms with Crippen molar-refractivity contribution in [1.29, 1.82) is 0 Å². The Morgan fingerprint density at radius 2 is 2.15 bits per heavy atom. The van der Waals surface area contributed by atoms with E-state index in [1.54, 1.807) is 11.3 Å². The number of rotatable bonds is 7. The van der Waals surface area contributed by atoms with Crippen molar-refractivity contribution in [1.82, 2.24) is 15.6 Å². The van der Waals surface area contributed by atoms with Gasteiger partial charge in [0.15, 0.2) is 5.96 Å². The molecule has 0 spiro atoms. The van der Waals surface area contributed by atoms with E-state index in [9.17, 15) is 0 Å². The van der Waals surface area contributed by atoms with Crippen molar-refractivity contribution in [2.75, 3.05) is 31.1 Å². The van der Waals surface area contributed by atoms with Crippen LogP contribution in [-0.4, -0.2) is 43.2 Å². The van der Waals surface area contributed by atoms with Gasteiger partial charge < -0.3 is 15.5 Å². The van der Waals surface area contributed by atoms with Gasteiger partial charge in [0.25, 0.3) is 0 Å². The van der Waals surface area contributed by atoms with Crippen LogP contribution >= 0.6 is 11.3 Å². The average molecular weight is 372 g/mol. The molecule has 1 aromatic carbocycles. The van der Waals surface area contributed by atoms with Gasteiger partial charge in [-0.1, -0.05) is 25.1 Å². The van der Waals surface area contributed by atoms with Crippen LogP contribution in [0.5, 0.6) is 0 Å². The van der Waals surface area contributed by atoms with Crippen LogP contribution in [0.25, 0.3) is 0 Å². The van der Waals surface area contributed by atoms with E-state index in [4.69, 9.17) is 4.99 Å². The number of hydrogen-bond donors (Lipinski definition) is 2. The van der Waals surface area contributed by atoms with Crippen molar-refractivity contribution in [3.63, 3.8) is 0 Å². The summed E-state index contributed by atoms with van der Waals surface area (Å²) in [5.41, 5.74) is 2.46. The van der Waals surface area contributed by atoms with Crippen LogP contribution in [0.1, 0.15) is 31.0 Å². The van der Waals surface area contributed by atoms with E-state index in [-0.39, 0.29) is 0 Å². The van der Waals surface area contributed by atoms with Crippen molar-refractivity contribution in [3.8, 4) is 0 Å². The summed E-state index contributed by atoms with van der Waals surface area (Å²) >= 11 is 1.75. The Labute approximate surface area is 160 Å². The van der Waals surface area contributed by atoms with Crippen molar-refractivity contribution in [2.45, 2.75) is 39.2 Å². The maximum absolute atomic E-state index is 4.75. The third kappa shape index (κ3) is 5.21. The number of nitrogens with zero attached hydrogens (tertiary/aromatic N) is 3. The summed E-state index contributed by atoms with van der Waals surface area (Å²) in [4.78, 5) is 11.8. The Morgan fingerprint density at radius 3 is 2.88 bits per heavy atom. The van der Waals surface area contributed by atoms with Gasteiger partial charge in [-0.2, -0.15) is 0 Å². The van der Waals surface area contributed by atoms with Gasteiger partial charge in [0, 0.05) is 49.7 Å². The molecule has 1 atom stereocenters. The molecule has 2 heterocycles. The van der Waals surface area contributed by atoms with E-state index in [1.807, 2.05) is 0 Å². The number of thiazole rings is 1. The summed E-state index contributed by atoms with van der Waals surface area (Å²) in [5, 5.41) is 10.3. The van der Waals surface area contributed by atoms with E-state index < -0.39 is 0 Å². The Bertz CT molecular complexity index is 697. The summed E-state index contributed by atoms with van der Waals surface area (Å²) in [5.74, 6) is 0.915. The minimum atomic E-state index is 0.430. The molecule has 3 rings (SSSR count). The molecule has 26 heavy (non-hydrogen) atoms. The molecule has 0 bridgehead atoms. The average Bonchev–Trinajstić information content (AvgIpc) is 3.32.